The van der Waals surface area contributed by atoms with Gasteiger partial charge in [-0.3, -0.25) is 4.79 Å². The van der Waals surface area contributed by atoms with Crippen LogP contribution in [0.25, 0.3) is 11.1 Å². The first-order valence-electron chi connectivity index (χ1n) is 11.8. The van der Waals surface area contributed by atoms with Gasteiger partial charge >= 0.3 is 5.97 Å². The zero-order chi connectivity index (χ0) is 25.1. The molecule has 0 aliphatic heterocycles. The number of carboxylic acids is 1. The van der Waals surface area contributed by atoms with E-state index in [4.69, 9.17) is 10.5 Å². The molecule has 1 amide bonds. The Morgan fingerprint density at radius 1 is 1.00 bits per heavy atom. The molecule has 4 N–H and O–H groups in total. The van der Waals surface area contributed by atoms with Gasteiger partial charge < -0.3 is 20.9 Å². The third-order valence-corrected chi connectivity index (χ3v) is 6.76. The SMILES string of the molecule is Cc1ccc(CO[C@H]2CCC[C@@H]2NC(=O)c2cc(-c3ccc(C(=O)O)c(C)c3)cnc2N)cc1C. The number of carboxylic acid groups (broad SMARTS) is 1. The number of nitrogens with two attached hydrogens (primary N) is 1. The summed E-state index contributed by atoms with van der Waals surface area (Å²) in [6, 6.07) is 12.9. The molecule has 0 unspecified atom stereocenters. The molecule has 182 valence electrons. The van der Waals surface area contributed by atoms with Crippen LogP contribution < -0.4 is 11.1 Å². The van der Waals surface area contributed by atoms with Gasteiger partial charge in [0.05, 0.1) is 29.9 Å². The van der Waals surface area contributed by atoms with Gasteiger partial charge in [0, 0.05) is 11.8 Å². The van der Waals surface area contributed by atoms with Crippen LogP contribution in [0.1, 0.15) is 62.2 Å². The number of aromatic nitrogens is 1. The van der Waals surface area contributed by atoms with Crippen molar-refractivity contribution < 1.29 is 19.4 Å². The minimum Gasteiger partial charge on any atom is -0.478 e. The number of aromatic carboxylic acids is 1. The molecule has 1 saturated carbocycles. The van der Waals surface area contributed by atoms with E-state index in [1.54, 1.807) is 37.4 Å². The molecule has 1 aliphatic carbocycles. The molecule has 7 heteroatoms. The number of pyridine rings is 1. The maximum atomic E-state index is 13.2. The van der Waals surface area contributed by atoms with Gasteiger partial charge in [-0.1, -0.05) is 30.3 Å². The smallest absolute Gasteiger partial charge is 0.335 e. The number of hydrogen-bond acceptors (Lipinski definition) is 5. The standard InChI is InChI=1S/C28H31N3O4/c1-16-7-8-19(11-17(16)2)15-35-25-6-4-5-24(25)31-27(32)23-13-21(14-30-26(23)29)20-9-10-22(28(33)34)18(3)12-20/h7-14,24-25H,4-6,15H2,1-3H3,(H2,29,30)(H,31,32)(H,33,34)/t24-,25-/m0/s1. The molecule has 1 fully saturated rings. The molecule has 7 nitrogen and oxygen atoms in total. The lowest BCUT2D eigenvalue weighted by Gasteiger charge is -2.22. The van der Waals surface area contributed by atoms with Crippen molar-refractivity contribution in [3.05, 3.63) is 82.0 Å². The van der Waals surface area contributed by atoms with Gasteiger partial charge in [0.1, 0.15) is 5.82 Å². The molecule has 35 heavy (non-hydrogen) atoms. The number of hydrogen-bond donors (Lipinski definition) is 3. The van der Waals surface area contributed by atoms with Gasteiger partial charge in [-0.05, 0) is 80.0 Å². The van der Waals surface area contributed by atoms with Gasteiger partial charge in [0.25, 0.3) is 5.91 Å². The van der Waals surface area contributed by atoms with E-state index in [1.165, 1.54) is 11.1 Å². The van der Waals surface area contributed by atoms with Crippen molar-refractivity contribution in [2.24, 2.45) is 0 Å². The number of aryl methyl sites for hydroxylation is 3. The maximum absolute atomic E-state index is 13.2. The molecule has 2 atom stereocenters. The van der Waals surface area contributed by atoms with Gasteiger partial charge in [-0.25, -0.2) is 9.78 Å². The Hall–Kier alpha value is -3.71. The van der Waals surface area contributed by atoms with Crippen molar-refractivity contribution >= 4 is 17.7 Å². The zero-order valence-electron chi connectivity index (χ0n) is 20.3. The van der Waals surface area contributed by atoms with Crippen LogP contribution in [0.2, 0.25) is 0 Å². The highest BCUT2D eigenvalue weighted by Gasteiger charge is 2.30. The number of ether oxygens (including phenoxy) is 1. The Balaban J connectivity index is 1.46. The second kappa shape index (κ2) is 10.3. The average molecular weight is 474 g/mol. The molecular weight excluding hydrogens is 442 g/mol. The summed E-state index contributed by atoms with van der Waals surface area (Å²) in [7, 11) is 0. The van der Waals surface area contributed by atoms with Crippen LogP contribution >= 0.6 is 0 Å². The van der Waals surface area contributed by atoms with Crippen LogP contribution in [-0.4, -0.2) is 34.1 Å². The van der Waals surface area contributed by atoms with Crippen LogP contribution in [0.15, 0.2) is 48.7 Å². The lowest BCUT2D eigenvalue weighted by Crippen LogP contribution is -2.41. The monoisotopic (exact) mass is 473 g/mol. The molecule has 0 saturated heterocycles. The van der Waals surface area contributed by atoms with E-state index in [2.05, 4.69) is 42.3 Å². The summed E-state index contributed by atoms with van der Waals surface area (Å²) >= 11 is 0. The second-order valence-electron chi connectivity index (χ2n) is 9.27. The van der Waals surface area contributed by atoms with Crippen molar-refractivity contribution in [1.29, 1.82) is 0 Å². The summed E-state index contributed by atoms with van der Waals surface area (Å²) in [5.41, 5.74) is 12.3. The number of anilines is 1. The van der Waals surface area contributed by atoms with Gasteiger partial charge in [-0.2, -0.15) is 0 Å². The van der Waals surface area contributed by atoms with Crippen molar-refractivity contribution in [3.8, 4) is 11.1 Å². The Labute approximate surface area is 205 Å². The fraction of sp³-hybridized carbons (Fsp3) is 0.321. The molecule has 2 aromatic carbocycles. The number of carbonyl (C=O) groups excluding carboxylic acids is 1. The van der Waals surface area contributed by atoms with Crippen molar-refractivity contribution in [2.75, 3.05) is 5.73 Å². The predicted molar refractivity (Wildman–Crippen MR) is 135 cm³/mol. The summed E-state index contributed by atoms with van der Waals surface area (Å²) in [6.45, 7) is 6.42. The number of amides is 1. The predicted octanol–water partition coefficient (Wildman–Crippen LogP) is 4.82. The largest absolute Gasteiger partial charge is 0.478 e. The maximum Gasteiger partial charge on any atom is 0.335 e. The van der Waals surface area contributed by atoms with E-state index in [9.17, 15) is 14.7 Å². The summed E-state index contributed by atoms with van der Waals surface area (Å²) < 4.78 is 6.19. The van der Waals surface area contributed by atoms with E-state index < -0.39 is 5.97 Å². The van der Waals surface area contributed by atoms with E-state index in [-0.39, 0.29) is 29.4 Å². The fourth-order valence-corrected chi connectivity index (χ4v) is 4.53. The normalized spacial score (nSPS) is 17.3. The molecule has 0 bridgehead atoms. The number of rotatable bonds is 7. The Kier molecular flexibility index (Phi) is 7.17. The molecule has 0 radical (unpaired) electrons. The number of nitrogens with zero attached hydrogens (tertiary/aromatic N) is 1. The highest BCUT2D eigenvalue weighted by molar-refractivity contribution is 5.99. The lowest BCUT2D eigenvalue weighted by molar-refractivity contribution is 0.0272. The van der Waals surface area contributed by atoms with Crippen LogP contribution in [0.5, 0.6) is 0 Å². The molecule has 1 aliphatic rings. The summed E-state index contributed by atoms with van der Waals surface area (Å²) in [4.78, 5) is 28.7. The first-order chi connectivity index (χ1) is 16.7. The molecule has 0 spiro atoms. The lowest BCUT2D eigenvalue weighted by atomic mass is 9.99. The minimum atomic E-state index is -0.976. The Morgan fingerprint density at radius 3 is 2.51 bits per heavy atom. The third-order valence-electron chi connectivity index (χ3n) is 6.76. The summed E-state index contributed by atoms with van der Waals surface area (Å²) in [5, 5.41) is 12.4. The topological polar surface area (TPSA) is 115 Å². The van der Waals surface area contributed by atoms with Crippen LogP contribution in [-0.2, 0) is 11.3 Å². The second-order valence-corrected chi connectivity index (χ2v) is 9.27. The number of nitrogens with one attached hydrogen (secondary N) is 1. The highest BCUT2D eigenvalue weighted by atomic mass is 16.5. The molecule has 1 aromatic heterocycles. The first kappa shape index (κ1) is 24.4. The number of nitrogen functional groups attached to an aromatic ring is 1. The summed E-state index contributed by atoms with van der Waals surface area (Å²) in [5.74, 6) is -1.12. The first-order valence-corrected chi connectivity index (χ1v) is 11.8. The number of benzene rings is 2. The van der Waals surface area contributed by atoms with E-state index in [0.29, 0.717) is 23.3 Å². The van der Waals surface area contributed by atoms with Gasteiger partial charge in [0.2, 0.25) is 0 Å². The minimum absolute atomic E-state index is 0.0656. The van der Waals surface area contributed by atoms with Crippen molar-refractivity contribution in [2.45, 2.75) is 58.8 Å². The molecule has 3 aromatic rings. The Morgan fingerprint density at radius 2 is 1.80 bits per heavy atom. The van der Waals surface area contributed by atoms with Crippen molar-refractivity contribution in [3.63, 3.8) is 0 Å². The van der Waals surface area contributed by atoms with Crippen LogP contribution in [0.3, 0.4) is 0 Å². The quantitative estimate of drug-likeness (QED) is 0.453. The van der Waals surface area contributed by atoms with Gasteiger partial charge in [0.15, 0.2) is 0 Å². The summed E-state index contributed by atoms with van der Waals surface area (Å²) in [6.07, 6.45) is 4.23. The van der Waals surface area contributed by atoms with E-state index in [0.717, 1.165) is 30.4 Å². The average Bonchev–Trinajstić information content (AvgIpc) is 3.26. The zero-order valence-corrected chi connectivity index (χ0v) is 20.3. The van der Waals surface area contributed by atoms with E-state index in [1.807, 2.05) is 0 Å². The molecule has 1 heterocycles. The fourth-order valence-electron chi connectivity index (χ4n) is 4.53. The molecule has 4 rings (SSSR count). The van der Waals surface area contributed by atoms with E-state index >= 15 is 0 Å². The van der Waals surface area contributed by atoms with Crippen LogP contribution in [0.4, 0.5) is 5.82 Å². The molecular formula is C28H31N3O4. The Bertz CT molecular complexity index is 1270. The van der Waals surface area contributed by atoms with Crippen LogP contribution in [0, 0.1) is 20.8 Å². The number of carbonyl (C=O) groups is 2. The highest BCUT2D eigenvalue weighted by Crippen LogP contribution is 2.27. The van der Waals surface area contributed by atoms with Crippen molar-refractivity contribution in [1.82, 2.24) is 10.3 Å². The van der Waals surface area contributed by atoms with Gasteiger partial charge in [-0.15, -0.1) is 0 Å². The third kappa shape index (κ3) is 5.52.